The van der Waals surface area contributed by atoms with Crippen LogP contribution in [0.1, 0.15) is 40.0 Å². The summed E-state index contributed by atoms with van der Waals surface area (Å²) in [5.74, 6) is 0. The van der Waals surface area contributed by atoms with Gasteiger partial charge in [-0.2, -0.15) is 0 Å². The fraction of sp³-hybridized carbons (Fsp3) is 1.00. The first kappa shape index (κ1) is 17.2. The van der Waals surface area contributed by atoms with E-state index in [0.29, 0.717) is 5.66 Å². The Morgan fingerprint density at radius 1 is 0.944 bits per heavy atom. The van der Waals surface area contributed by atoms with Gasteiger partial charge in [0.15, 0.2) is 25.1 Å². The summed E-state index contributed by atoms with van der Waals surface area (Å²) in [6, 6.07) is 0. The molecular weight excluding hydrogens is 287 g/mol. The summed E-state index contributed by atoms with van der Waals surface area (Å²) < 4.78 is 18.1. The summed E-state index contributed by atoms with van der Waals surface area (Å²) in [7, 11) is -0.197. The predicted molar refractivity (Wildman–Crippen MR) is 82.3 cm³/mol. The zero-order valence-corrected chi connectivity index (χ0v) is 14.6. The topological polar surface area (TPSA) is 39.7 Å². The van der Waals surface area contributed by atoms with Gasteiger partial charge in [-0.15, -0.1) is 0 Å². The van der Waals surface area contributed by atoms with Crippen molar-refractivity contribution in [2.75, 3.05) is 25.9 Å². The molecule has 0 spiro atoms. The second-order valence-electron chi connectivity index (χ2n) is 4.26. The lowest BCUT2D eigenvalue weighted by Crippen LogP contribution is -2.23. The van der Waals surface area contributed by atoms with Crippen molar-refractivity contribution in [3.05, 3.63) is 0 Å². The second kappa shape index (κ2) is 9.94. The van der Waals surface area contributed by atoms with E-state index in [2.05, 4.69) is 26.1 Å². The Morgan fingerprint density at radius 2 is 1.50 bits per heavy atom. The van der Waals surface area contributed by atoms with Gasteiger partial charge in [0, 0.05) is 24.5 Å². The number of hydrogen-bond donors (Lipinski definition) is 1. The molecule has 0 amide bonds. The molecule has 0 aliphatic carbocycles. The van der Waals surface area contributed by atoms with Crippen molar-refractivity contribution in [3.63, 3.8) is 0 Å². The van der Waals surface area contributed by atoms with Crippen LogP contribution >= 0.6 is 25.1 Å². The summed E-state index contributed by atoms with van der Waals surface area (Å²) in [4.78, 5) is 0. The van der Waals surface area contributed by atoms with E-state index in [1.165, 1.54) is 0 Å². The molecule has 108 valence electrons. The van der Waals surface area contributed by atoms with Crippen molar-refractivity contribution < 1.29 is 12.9 Å². The van der Waals surface area contributed by atoms with Gasteiger partial charge in [0.05, 0.1) is 0 Å². The Kier molecular flexibility index (Phi) is 9.49. The third-order valence-electron chi connectivity index (χ3n) is 2.55. The fourth-order valence-corrected chi connectivity index (χ4v) is 8.74. The van der Waals surface area contributed by atoms with E-state index >= 15 is 0 Å². The molecule has 3 unspecified atom stereocenters. The average Bonchev–Trinajstić information content (AvgIpc) is 2.36. The minimum Gasteiger partial charge on any atom is -0.319 e. The van der Waals surface area contributed by atoms with Gasteiger partial charge in [0.25, 0.3) is 0 Å². The van der Waals surface area contributed by atoms with E-state index in [0.717, 1.165) is 38.1 Å². The number of nitrogens with one attached hydrogen (secondary N) is 1. The normalized spacial score (nSPS) is 30.3. The lowest BCUT2D eigenvalue weighted by molar-refractivity contribution is 0.401. The molecule has 1 aliphatic rings. The van der Waals surface area contributed by atoms with Gasteiger partial charge >= 0.3 is 0 Å². The number of hydrogen-bond acceptors (Lipinski definition) is 4. The van der Waals surface area contributed by atoms with E-state index < -0.39 is 25.1 Å². The van der Waals surface area contributed by atoms with Crippen LogP contribution in [0.25, 0.3) is 0 Å². The Bertz CT molecular complexity index is 210. The van der Waals surface area contributed by atoms with E-state index in [1.807, 2.05) is 7.05 Å². The highest BCUT2D eigenvalue weighted by atomic mass is 31.3. The van der Waals surface area contributed by atoms with Gasteiger partial charge in [-0.25, -0.2) is 0 Å². The minimum absolute atomic E-state index is 0.484. The maximum absolute atomic E-state index is 6.07. The zero-order valence-electron chi connectivity index (χ0n) is 11.9. The van der Waals surface area contributed by atoms with Crippen molar-refractivity contribution in [2.45, 2.75) is 45.7 Å². The molecular formula is C11H26NO3P3. The molecule has 1 aliphatic heterocycles. The van der Waals surface area contributed by atoms with E-state index in [9.17, 15) is 0 Å². The Morgan fingerprint density at radius 3 is 1.89 bits per heavy atom. The van der Waals surface area contributed by atoms with Crippen LogP contribution in [0.5, 0.6) is 0 Å². The third-order valence-corrected chi connectivity index (χ3v) is 9.52. The van der Waals surface area contributed by atoms with Crippen LogP contribution in [0.3, 0.4) is 0 Å². The molecule has 0 aromatic heterocycles. The van der Waals surface area contributed by atoms with Crippen molar-refractivity contribution in [3.8, 4) is 0 Å². The first-order valence-electron chi connectivity index (χ1n) is 6.78. The van der Waals surface area contributed by atoms with Crippen LogP contribution in [0.4, 0.5) is 0 Å². The first-order valence-corrected chi connectivity index (χ1v) is 10.7. The van der Waals surface area contributed by atoms with Crippen molar-refractivity contribution in [1.29, 1.82) is 0 Å². The third kappa shape index (κ3) is 5.63. The highest BCUT2D eigenvalue weighted by Crippen LogP contribution is 2.73. The molecule has 1 saturated heterocycles. The molecule has 0 aromatic carbocycles. The van der Waals surface area contributed by atoms with Crippen LogP contribution in [0.2, 0.25) is 0 Å². The molecule has 7 heteroatoms. The van der Waals surface area contributed by atoms with Gasteiger partial charge in [-0.3, -0.25) is 12.9 Å². The van der Waals surface area contributed by atoms with Crippen LogP contribution in [-0.2, 0) is 12.9 Å². The highest BCUT2D eigenvalue weighted by Gasteiger charge is 2.36. The molecule has 0 bridgehead atoms. The summed E-state index contributed by atoms with van der Waals surface area (Å²) in [5.41, 5.74) is 0.484. The van der Waals surface area contributed by atoms with Crippen molar-refractivity contribution >= 4 is 25.1 Å². The van der Waals surface area contributed by atoms with E-state index in [1.54, 1.807) is 0 Å². The highest BCUT2D eigenvalue weighted by molar-refractivity contribution is 7.74. The number of rotatable bonds is 8. The zero-order chi connectivity index (χ0) is 13.4. The van der Waals surface area contributed by atoms with E-state index in [4.69, 9.17) is 12.9 Å². The quantitative estimate of drug-likeness (QED) is 0.653. The Hall–Kier alpha value is 1.13. The molecule has 1 fully saturated rings. The molecule has 1 heterocycles. The van der Waals surface area contributed by atoms with Gasteiger partial charge in [-0.1, -0.05) is 20.8 Å². The Labute approximate surface area is 115 Å². The van der Waals surface area contributed by atoms with Crippen LogP contribution in [0.15, 0.2) is 0 Å². The lowest BCUT2D eigenvalue weighted by Gasteiger charge is -2.36. The smallest absolute Gasteiger partial charge is 0.186 e. The Balaban J connectivity index is 2.58. The summed E-state index contributed by atoms with van der Waals surface area (Å²) in [6.07, 6.45) is 5.41. The molecule has 0 aromatic rings. The lowest BCUT2D eigenvalue weighted by atomic mass is 10.3. The van der Waals surface area contributed by atoms with Gasteiger partial charge < -0.3 is 5.32 Å². The van der Waals surface area contributed by atoms with Gasteiger partial charge in [0.1, 0.15) is 0 Å². The van der Waals surface area contributed by atoms with Gasteiger partial charge in [-0.05, 0) is 26.3 Å². The van der Waals surface area contributed by atoms with Crippen molar-refractivity contribution in [1.82, 2.24) is 5.32 Å². The van der Waals surface area contributed by atoms with Crippen molar-refractivity contribution in [2.24, 2.45) is 0 Å². The average molecular weight is 313 g/mol. The van der Waals surface area contributed by atoms with Gasteiger partial charge in [0.2, 0.25) is 0 Å². The maximum Gasteiger partial charge on any atom is 0.186 e. The molecule has 4 nitrogen and oxygen atoms in total. The molecule has 1 N–H and O–H groups in total. The van der Waals surface area contributed by atoms with E-state index in [-0.39, 0.29) is 0 Å². The predicted octanol–water partition coefficient (Wildman–Crippen LogP) is 4.80. The largest absolute Gasteiger partial charge is 0.319 e. The summed E-state index contributed by atoms with van der Waals surface area (Å²) >= 11 is 0. The monoisotopic (exact) mass is 313 g/mol. The molecule has 0 saturated carbocycles. The molecule has 18 heavy (non-hydrogen) atoms. The SMILES string of the molecule is CCCP1OP(CCC)OP(C(CC)CNC)O1. The second-order valence-corrected chi connectivity index (χ2v) is 9.75. The summed E-state index contributed by atoms with van der Waals surface area (Å²) in [5, 5.41) is 3.24. The van der Waals surface area contributed by atoms with Crippen LogP contribution in [0, 0.1) is 0 Å². The maximum atomic E-state index is 6.07. The molecule has 0 radical (unpaired) electrons. The summed E-state index contributed by atoms with van der Waals surface area (Å²) in [6.45, 7) is 7.53. The minimum atomic E-state index is -0.773. The van der Waals surface area contributed by atoms with Crippen LogP contribution in [-0.4, -0.2) is 31.6 Å². The standard InChI is InChI=1S/C11H26NO3P3/c1-5-8-16-13-17(9-6-2)15-18(14-16)11(7-3)10-12-4/h11-12H,5-10H2,1-4H3. The first-order chi connectivity index (χ1) is 8.74. The molecule has 1 rings (SSSR count). The fourth-order valence-electron chi connectivity index (χ4n) is 1.59. The van der Waals surface area contributed by atoms with Crippen LogP contribution < -0.4 is 5.32 Å². The molecule has 3 atom stereocenters.